The second-order valence-corrected chi connectivity index (χ2v) is 3.88. The van der Waals surface area contributed by atoms with Crippen molar-refractivity contribution in [3.05, 3.63) is 55.4 Å². The van der Waals surface area contributed by atoms with Crippen molar-refractivity contribution in [2.24, 2.45) is 7.05 Å². The van der Waals surface area contributed by atoms with E-state index in [2.05, 4.69) is 53.5 Å². The Morgan fingerprint density at radius 1 is 1.05 bits per heavy atom. The Bertz CT molecular complexity index is 597. The van der Waals surface area contributed by atoms with Gasteiger partial charge in [0, 0.05) is 35.7 Å². The standard InChI is InChI=1S/C12H10N2.C3H6.C2H6/c1-14-11-5-3-2-4-9(11)10-8-13-7-6-12(10)14;1-3-2;1-2/h2-8H,1H3;3H,1H2,2H3;1-2H3. The lowest BCUT2D eigenvalue weighted by molar-refractivity contribution is 1.01. The molecule has 0 bridgehead atoms. The second-order valence-electron chi connectivity index (χ2n) is 3.88. The molecular formula is C17H22N2. The predicted molar refractivity (Wildman–Crippen MR) is 85.4 cm³/mol. The summed E-state index contributed by atoms with van der Waals surface area (Å²) in [6, 6.07) is 10.5. The summed E-state index contributed by atoms with van der Waals surface area (Å²) in [5.41, 5.74) is 2.50. The lowest BCUT2D eigenvalue weighted by Gasteiger charge is -1.95. The molecule has 0 unspecified atom stereocenters. The van der Waals surface area contributed by atoms with Crippen LogP contribution in [0.3, 0.4) is 0 Å². The molecule has 0 aliphatic heterocycles. The van der Waals surface area contributed by atoms with Crippen LogP contribution < -0.4 is 0 Å². The zero-order chi connectivity index (χ0) is 14.3. The van der Waals surface area contributed by atoms with Crippen molar-refractivity contribution in [3.63, 3.8) is 0 Å². The number of hydrogen-bond donors (Lipinski definition) is 0. The largest absolute Gasteiger partial charge is 0.344 e. The van der Waals surface area contributed by atoms with E-state index >= 15 is 0 Å². The molecule has 0 saturated carbocycles. The maximum absolute atomic E-state index is 4.16. The van der Waals surface area contributed by atoms with Crippen LogP contribution in [0.5, 0.6) is 0 Å². The molecule has 2 heterocycles. The molecule has 0 atom stereocenters. The Balaban J connectivity index is 0.000000321. The highest BCUT2D eigenvalue weighted by Gasteiger charge is 2.05. The minimum Gasteiger partial charge on any atom is -0.344 e. The van der Waals surface area contributed by atoms with Crippen molar-refractivity contribution in [1.29, 1.82) is 0 Å². The zero-order valence-electron chi connectivity index (χ0n) is 12.2. The van der Waals surface area contributed by atoms with Crippen molar-refractivity contribution in [1.82, 2.24) is 9.55 Å². The summed E-state index contributed by atoms with van der Waals surface area (Å²) in [4.78, 5) is 4.16. The molecule has 2 nitrogen and oxygen atoms in total. The quantitative estimate of drug-likeness (QED) is 0.519. The number of aromatic nitrogens is 2. The zero-order valence-corrected chi connectivity index (χ0v) is 12.2. The summed E-state index contributed by atoms with van der Waals surface area (Å²) in [5, 5.41) is 2.50. The summed E-state index contributed by atoms with van der Waals surface area (Å²) < 4.78 is 2.20. The van der Waals surface area contributed by atoms with Crippen LogP contribution in [0.25, 0.3) is 21.8 Å². The smallest absolute Gasteiger partial charge is 0.0519 e. The van der Waals surface area contributed by atoms with Gasteiger partial charge in [-0.05, 0) is 19.1 Å². The molecule has 0 radical (unpaired) electrons. The summed E-state index contributed by atoms with van der Waals surface area (Å²) in [7, 11) is 2.09. The van der Waals surface area contributed by atoms with Crippen LogP contribution in [0.1, 0.15) is 20.8 Å². The fourth-order valence-corrected chi connectivity index (χ4v) is 2.01. The van der Waals surface area contributed by atoms with Gasteiger partial charge in [0.2, 0.25) is 0 Å². The van der Waals surface area contributed by atoms with E-state index < -0.39 is 0 Å². The summed E-state index contributed by atoms with van der Waals surface area (Å²) in [6.45, 7) is 9.25. The summed E-state index contributed by atoms with van der Waals surface area (Å²) >= 11 is 0. The van der Waals surface area contributed by atoms with Crippen molar-refractivity contribution in [2.45, 2.75) is 20.8 Å². The monoisotopic (exact) mass is 254 g/mol. The van der Waals surface area contributed by atoms with Gasteiger partial charge in [0.15, 0.2) is 0 Å². The minimum atomic E-state index is 1.23. The number of allylic oxidation sites excluding steroid dienone is 1. The number of nitrogens with zero attached hydrogens (tertiary/aromatic N) is 2. The van der Waals surface area contributed by atoms with Gasteiger partial charge >= 0.3 is 0 Å². The molecule has 2 aromatic heterocycles. The van der Waals surface area contributed by atoms with Gasteiger partial charge in [-0.25, -0.2) is 0 Å². The molecule has 100 valence electrons. The highest BCUT2D eigenvalue weighted by atomic mass is 14.9. The van der Waals surface area contributed by atoms with E-state index in [-0.39, 0.29) is 0 Å². The maximum Gasteiger partial charge on any atom is 0.0519 e. The third-order valence-electron chi connectivity index (χ3n) is 2.71. The van der Waals surface area contributed by atoms with E-state index in [0.717, 1.165) is 0 Å². The van der Waals surface area contributed by atoms with E-state index in [9.17, 15) is 0 Å². The molecule has 2 heteroatoms. The highest BCUT2D eigenvalue weighted by Crippen LogP contribution is 2.26. The van der Waals surface area contributed by atoms with Crippen LogP contribution in [0.15, 0.2) is 55.4 Å². The van der Waals surface area contributed by atoms with Gasteiger partial charge in [-0.2, -0.15) is 0 Å². The fourth-order valence-electron chi connectivity index (χ4n) is 2.01. The van der Waals surface area contributed by atoms with E-state index in [1.165, 1.54) is 21.8 Å². The van der Waals surface area contributed by atoms with Crippen LogP contribution in [0, 0.1) is 0 Å². The number of rotatable bonds is 0. The molecule has 0 aliphatic rings. The first-order valence-electron chi connectivity index (χ1n) is 6.63. The van der Waals surface area contributed by atoms with Gasteiger partial charge < -0.3 is 4.57 Å². The third-order valence-corrected chi connectivity index (χ3v) is 2.71. The number of benzene rings is 1. The first-order valence-corrected chi connectivity index (χ1v) is 6.63. The Morgan fingerprint density at radius 3 is 2.32 bits per heavy atom. The van der Waals surface area contributed by atoms with Gasteiger partial charge in [0.1, 0.15) is 0 Å². The van der Waals surface area contributed by atoms with Gasteiger partial charge in [-0.15, -0.1) is 6.58 Å². The number of pyridine rings is 1. The molecule has 0 N–H and O–H groups in total. The van der Waals surface area contributed by atoms with E-state index in [4.69, 9.17) is 0 Å². The number of hydrogen-bond acceptors (Lipinski definition) is 1. The van der Waals surface area contributed by atoms with E-state index in [0.29, 0.717) is 0 Å². The number of para-hydroxylation sites is 1. The number of fused-ring (bicyclic) bond motifs is 3. The molecular weight excluding hydrogens is 232 g/mol. The van der Waals surface area contributed by atoms with Crippen molar-refractivity contribution in [3.8, 4) is 0 Å². The lowest BCUT2D eigenvalue weighted by atomic mass is 10.2. The molecule has 19 heavy (non-hydrogen) atoms. The molecule has 0 spiro atoms. The van der Waals surface area contributed by atoms with Crippen LogP contribution in [0.4, 0.5) is 0 Å². The Morgan fingerprint density at radius 2 is 1.63 bits per heavy atom. The normalized spacial score (nSPS) is 9.26. The topological polar surface area (TPSA) is 17.8 Å². The molecule has 0 amide bonds. The third kappa shape index (κ3) is 3.02. The van der Waals surface area contributed by atoms with E-state index in [1.807, 2.05) is 33.2 Å². The van der Waals surface area contributed by atoms with Crippen LogP contribution in [0.2, 0.25) is 0 Å². The van der Waals surface area contributed by atoms with Crippen LogP contribution in [-0.2, 0) is 7.05 Å². The van der Waals surface area contributed by atoms with Gasteiger partial charge in [0.05, 0.1) is 5.52 Å². The second kappa shape index (κ2) is 7.37. The Hall–Kier alpha value is -2.09. The van der Waals surface area contributed by atoms with Crippen molar-refractivity contribution < 1.29 is 0 Å². The molecule has 0 saturated heterocycles. The molecule has 1 aromatic carbocycles. The fraction of sp³-hybridized carbons (Fsp3) is 0.235. The van der Waals surface area contributed by atoms with Crippen LogP contribution in [-0.4, -0.2) is 9.55 Å². The Labute approximate surface area is 115 Å². The molecule has 3 aromatic rings. The lowest BCUT2D eigenvalue weighted by Crippen LogP contribution is -1.85. The number of aryl methyl sites for hydroxylation is 1. The average molecular weight is 254 g/mol. The first-order chi connectivity index (χ1) is 9.29. The molecule has 0 fully saturated rings. The van der Waals surface area contributed by atoms with Crippen molar-refractivity contribution >= 4 is 21.8 Å². The molecule has 3 rings (SSSR count). The first kappa shape index (κ1) is 15.0. The maximum atomic E-state index is 4.16. The molecule has 0 aliphatic carbocycles. The SMILES string of the molecule is C=CC.CC.Cn1c2ccccc2c2cnccc21. The summed E-state index contributed by atoms with van der Waals surface area (Å²) in [6.07, 6.45) is 5.51. The van der Waals surface area contributed by atoms with Crippen LogP contribution >= 0.6 is 0 Å². The average Bonchev–Trinajstić information content (AvgIpc) is 2.77. The van der Waals surface area contributed by atoms with E-state index in [1.54, 1.807) is 6.08 Å². The summed E-state index contributed by atoms with van der Waals surface area (Å²) in [5.74, 6) is 0. The predicted octanol–water partition coefficient (Wildman–Crippen LogP) is 4.95. The minimum absolute atomic E-state index is 1.23. The van der Waals surface area contributed by atoms with Gasteiger partial charge in [0.25, 0.3) is 0 Å². The van der Waals surface area contributed by atoms with Crippen molar-refractivity contribution in [2.75, 3.05) is 0 Å². The Kier molecular flexibility index (Phi) is 5.80. The van der Waals surface area contributed by atoms with Gasteiger partial charge in [-0.3, -0.25) is 4.98 Å². The highest BCUT2D eigenvalue weighted by molar-refractivity contribution is 6.07. The van der Waals surface area contributed by atoms with Gasteiger partial charge in [-0.1, -0.05) is 38.1 Å².